The van der Waals surface area contributed by atoms with Gasteiger partial charge in [0.1, 0.15) is 0 Å². The molecule has 0 aliphatic heterocycles. The van der Waals surface area contributed by atoms with Gasteiger partial charge in [-0.1, -0.05) is 63.8 Å². The minimum atomic E-state index is -3.81. The van der Waals surface area contributed by atoms with Crippen LogP contribution >= 0.6 is 13.4 Å². The van der Waals surface area contributed by atoms with Crippen molar-refractivity contribution in [3.8, 4) is 0 Å². The predicted octanol–water partition coefficient (Wildman–Crippen LogP) is 3.53. The fourth-order valence-corrected chi connectivity index (χ4v) is 2.18. The van der Waals surface area contributed by atoms with Gasteiger partial charge in [0.15, 0.2) is 0 Å². The summed E-state index contributed by atoms with van der Waals surface area (Å²) in [6.07, 6.45) is 10.6. The van der Waals surface area contributed by atoms with Gasteiger partial charge >= 0.3 is 13.4 Å². The Morgan fingerprint density at radius 1 is 0.667 bits per heavy atom. The largest absolute Gasteiger partial charge is 0.325 e. The third-order valence-corrected chi connectivity index (χ3v) is 3.22. The van der Waals surface area contributed by atoms with Gasteiger partial charge in [-0.25, -0.2) is 0 Å². The summed E-state index contributed by atoms with van der Waals surface area (Å²) in [5, 5.41) is 0. The molecule has 1 aromatic rings. The molecule has 1 rings (SSSR count). The molecular weight excluding hydrogens is 480 g/mol. The molecule has 0 heterocycles. The van der Waals surface area contributed by atoms with Gasteiger partial charge in [0.25, 0.3) is 0 Å². The SMILES string of the molecule is CCCCCc1ccccc1CCCCC.OP(O)(O)=S.OP(O)(O)=S.[Zn]. The Labute approximate surface area is 186 Å². The van der Waals surface area contributed by atoms with Crippen LogP contribution in [0.5, 0.6) is 0 Å². The van der Waals surface area contributed by atoms with Crippen LogP contribution in [0.15, 0.2) is 24.3 Å². The molecule has 0 aromatic heterocycles. The first kappa shape index (κ1) is 32.6. The van der Waals surface area contributed by atoms with E-state index in [1.54, 1.807) is 11.1 Å². The molecule has 27 heavy (non-hydrogen) atoms. The predicted molar refractivity (Wildman–Crippen MR) is 115 cm³/mol. The molecule has 6 N–H and O–H groups in total. The molecule has 156 valence electrons. The second-order valence-electron chi connectivity index (χ2n) is 5.71. The standard InChI is InChI=1S/C16H26.2H3O3PS.Zn/c1-3-5-7-11-15-13-9-10-14-16(15)12-8-6-4-2;2*1-4(2,3)5;/h9-10,13-14H,3-8,11-12H2,1-2H3;2*(H3,1,2,3,5);. The number of hydrogen-bond acceptors (Lipinski definition) is 2. The minimum Gasteiger partial charge on any atom is -0.325 e. The van der Waals surface area contributed by atoms with Crippen molar-refractivity contribution in [3.63, 3.8) is 0 Å². The van der Waals surface area contributed by atoms with Crippen LogP contribution in [0.4, 0.5) is 0 Å². The topological polar surface area (TPSA) is 121 Å². The van der Waals surface area contributed by atoms with Crippen LogP contribution in [0.2, 0.25) is 0 Å². The summed E-state index contributed by atoms with van der Waals surface area (Å²) in [6.45, 7) is -3.07. The summed E-state index contributed by atoms with van der Waals surface area (Å²) >= 11 is 7.21. The summed E-state index contributed by atoms with van der Waals surface area (Å²) in [6, 6.07) is 9.00. The Bertz CT molecular complexity index is 500. The van der Waals surface area contributed by atoms with Crippen LogP contribution in [0.1, 0.15) is 63.5 Å². The van der Waals surface area contributed by atoms with Crippen LogP contribution in [0.25, 0.3) is 0 Å². The van der Waals surface area contributed by atoms with Gasteiger partial charge in [-0.2, -0.15) is 0 Å². The number of hydrogen-bond donors (Lipinski definition) is 6. The molecule has 0 radical (unpaired) electrons. The van der Waals surface area contributed by atoms with Crippen molar-refractivity contribution in [1.29, 1.82) is 0 Å². The van der Waals surface area contributed by atoms with Crippen molar-refractivity contribution in [1.82, 2.24) is 0 Å². The van der Waals surface area contributed by atoms with Crippen LogP contribution in [-0.4, -0.2) is 29.4 Å². The molecule has 1 aromatic carbocycles. The molecule has 0 spiro atoms. The van der Waals surface area contributed by atoms with Crippen molar-refractivity contribution in [2.24, 2.45) is 0 Å². The molecule has 11 heteroatoms. The second kappa shape index (κ2) is 18.9. The molecule has 0 saturated carbocycles. The first-order chi connectivity index (χ1) is 11.9. The molecule has 0 amide bonds. The van der Waals surface area contributed by atoms with Crippen LogP contribution in [0.3, 0.4) is 0 Å². The van der Waals surface area contributed by atoms with Gasteiger partial charge in [-0.3, -0.25) is 0 Å². The smallest absolute Gasteiger partial charge is 0.319 e. The van der Waals surface area contributed by atoms with Gasteiger partial charge in [0.2, 0.25) is 0 Å². The fourth-order valence-electron chi connectivity index (χ4n) is 2.18. The summed E-state index contributed by atoms with van der Waals surface area (Å²) in [5.41, 5.74) is 3.18. The third-order valence-electron chi connectivity index (χ3n) is 3.22. The van der Waals surface area contributed by atoms with E-state index < -0.39 is 13.4 Å². The van der Waals surface area contributed by atoms with E-state index in [2.05, 4.69) is 61.7 Å². The monoisotopic (exact) mass is 510 g/mol. The Balaban J connectivity index is -0.000000436. The zero-order chi connectivity index (χ0) is 20.6. The van der Waals surface area contributed by atoms with Crippen LogP contribution in [0, 0.1) is 0 Å². The van der Waals surface area contributed by atoms with Crippen molar-refractivity contribution in [2.75, 3.05) is 0 Å². The maximum Gasteiger partial charge on any atom is 0.319 e. The summed E-state index contributed by atoms with van der Waals surface area (Å²) < 4.78 is 0. The van der Waals surface area contributed by atoms with Crippen LogP contribution < -0.4 is 0 Å². The average molecular weight is 512 g/mol. The Morgan fingerprint density at radius 2 is 0.926 bits per heavy atom. The van der Waals surface area contributed by atoms with Gasteiger partial charge < -0.3 is 29.4 Å². The van der Waals surface area contributed by atoms with Crippen LogP contribution in [-0.2, 0) is 55.9 Å². The van der Waals surface area contributed by atoms with Crippen molar-refractivity contribution < 1.29 is 48.8 Å². The van der Waals surface area contributed by atoms with Gasteiger partial charge in [-0.05, 0) is 60.4 Å². The molecule has 0 atom stereocenters. The van der Waals surface area contributed by atoms with E-state index in [0.717, 1.165) is 0 Å². The van der Waals surface area contributed by atoms with E-state index in [1.807, 2.05) is 0 Å². The zero-order valence-corrected chi connectivity index (χ0v) is 22.5. The Morgan fingerprint density at radius 3 is 1.15 bits per heavy atom. The quantitative estimate of drug-likeness (QED) is 0.178. The fraction of sp³-hybridized carbons (Fsp3) is 0.625. The summed E-state index contributed by atoms with van der Waals surface area (Å²) in [5.74, 6) is 0. The number of benzene rings is 1. The van der Waals surface area contributed by atoms with E-state index in [1.165, 1.54) is 51.4 Å². The first-order valence-electron chi connectivity index (χ1n) is 8.51. The van der Waals surface area contributed by atoms with Gasteiger partial charge in [0.05, 0.1) is 0 Å². The molecule has 6 nitrogen and oxygen atoms in total. The normalized spacial score (nSPS) is 10.7. The van der Waals surface area contributed by atoms with Crippen molar-refractivity contribution in [3.05, 3.63) is 35.4 Å². The number of aryl methyl sites for hydroxylation is 2. The zero-order valence-electron chi connectivity index (χ0n) is 16.1. The molecule has 0 fully saturated rings. The van der Waals surface area contributed by atoms with Gasteiger partial charge in [0, 0.05) is 19.5 Å². The molecule has 0 saturated heterocycles. The molecule has 0 unspecified atom stereocenters. The average Bonchev–Trinajstić information content (AvgIpc) is 2.46. The van der Waals surface area contributed by atoms with E-state index >= 15 is 0 Å². The molecular formula is C16H32O6P2S2Zn. The molecule has 0 aliphatic carbocycles. The number of unbranched alkanes of at least 4 members (excludes halogenated alkanes) is 4. The summed E-state index contributed by atoms with van der Waals surface area (Å²) in [4.78, 5) is 45.3. The maximum atomic E-state index is 7.56. The Hall–Kier alpha value is 0.903. The van der Waals surface area contributed by atoms with Crippen molar-refractivity contribution in [2.45, 2.75) is 65.2 Å². The summed E-state index contributed by atoms with van der Waals surface area (Å²) in [7, 11) is 0. The second-order valence-corrected chi connectivity index (χ2v) is 10.7. The maximum absolute atomic E-state index is 7.56. The molecule has 0 bridgehead atoms. The van der Waals surface area contributed by atoms with Gasteiger partial charge in [-0.15, -0.1) is 0 Å². The Kier molecular flexibility index (Phi) is 22.8. The molecule has 0 aliphatic rings. The third kappa shape index (κ3) is 34.8. The number of rotatable bonds is 8. The van der Waals surface area contributed by atoms with Crippen molar-refractivity contribution >= 4 is 37.1 Å². The van der Waals surface area contributed by atoms with E-state index in [-0.39, 0.29) is 19.5 Å². The van der Waals surface area contributed by atoms with E-state index in [9.17, 15) is 0 Å². The van der Waals surface area contributed by atoms with E-state index in [0.29, 0.717) is 0 Å². The van der Waals surface area contributed by atoms with E-state index in [4.69, 9.17) is 29.4 Å². The minimum absolute atomic E-state index is 0. The first-order valence-corrected chi connectivity index (χ1v) is 13.8.